The van der Waals surface area contributed by atoms with Gasteiger partial charge in [-0.15, -0.1) is 0 Å². The van der Waals surface area contributed by atoms with Crippen LogP contribution in [-0.2, 0) is 9.59 Å². The molecule has 1 heterocycles. The predicted molar refractivity (Wildman–Crippen MR) is 98.9 cm³/mol. The average Bonchev–Trinajstić information content (AvgIpc) is 2.67. The number of carbonyl (C=O) groups excluding carboxylic acids is 2. The van der Waals surface area contributed by atoms with Gasteiger partial charge < -0.3 is 10.1 Å². The summed E-state index contributed by atoms with van der Waals surface area (Å²) in [5.74, 6) is -0.0562. The first-order valence-electron chi connectivity index (χ1n) is 9.01. The molecule has 0 fully saturated rings. The molecule has 1 aliphatic carbocycles. The van der Waals surface area contributed by atoms with E-state index in [-0.39, 0.29) is 35.8 Å². The first-order valence-corrected chi connectivity index (χ1v) is 9.01. The predicted octanol–water partition coefficient (Wildman–Crippen LogP) is 3.84. The number of hydrogen-bond acceptors (Lipinski definition) is 3. The van der Waals surface area contributed by atoms with E-state index in [2.05, 4.69) is 5.32 Å². The fraction of sp³-hybridized carbons (Fsp3) is 0.273. The molecule has 1 aliphatic heterocycles. The molecule has 0 unspecified atom stereocenters. The van der Waals surface area contributed by atoms with E-state index in [1.165, 1.54) is 12.1 Å². The number of Topliss-reactive ketones (excluding diaryl/α,β-unsaturated/α-hetero) is 1. The zero-order valence-electron chi connectivity index (χ0n) is 15.0. The molecule has 0 aromatic heterocycles. The number of ether oxygens (including phenoxy) is 1. The summed E-state index contributed by atoms with van der Waals surface area (Å²) in [6, 6.07) is 13.7. The van der Waals surface area contributed by atoms with E-state index in [9.17, 15) is 14.0 Å². The van der Waals surface area contributed by atoms with Crippen LogP contribution >= 0.6 is 0 Å². The Kier molecular flexibility index (Phi) is 4.52. The molecule has 2 aromatic carbocycles. The van der Waals surface area contributed by atoms with E-state index < -0.39 is 0 Å². The number of halogens is 1. The summed E-state index contributed by atoms with van der Waals surface area (Å²) in [7, 11) is 1.59. The Bertz CT molecular complexity index is 933. The summed E-state index contributed by atoms with van der Waals surface area (Å²) in [6.45, 7) is 0. The Morgan fingerprint density at radius 1 is 1.00 bits per heavy atom. The summed E-state index contributed by atoms with van der Waals surface area (Å²) < 4.78 is 18.7. The molecule has 138 valence electrons. The van der Waals surface area contributed by atoms with Crippen LogP contribution < -0.4 is 10.1 Å². The van der Waals surface area contributed by atoms with Gasteiger partial charge in [0.15, 0.2) is 5.78 Å². The number of benzene rings is 2. The van der Waals surface area contributed by atoms with Crippen molar-refractivity contribution >= 4 is 11.7 Å². The molecule has 2 aromatic rings. The molecule has 1 amide bonds. The molecule has 0 saturated carbocycles. The van der Waals surface area contributed by atoms with E-state index >= 15 is 0 Å². The number of amides is 1. The second-order valence-corrected chi connectivity index (χ2v) is 7.02. The third-order valence-corrected chi connectivity index (χ3v) is 5.39. The maximum absolute atomic E-state index is 13.2. The number of para-hydroxylation sites is 1. The molecular weight excluding hydrogens is 345 g/mol. The molecule has 0 spiro atoms. The summed E-state index contributed by atoms with van der Waals surface area (Å²) in [6.07, 6.45) is 1.14. The summed E-state index contributed by atoms with van der Waals surface area (Å²) >= 11 is 0. The molecule has 2 atom stereocenters. The van der Waals surface area contributed by atoms with Crippen molar-refractivity contribution in [3.8, 4) is 5.75 Å². The third kappa shape index (κ3) is 3.25. The quantitative estimate of drug-likeness (QED) is 0.899. The molecule has 4 rings (SSSR count). The number of nitrogens with one attached hydrogen (secondary N) is 1. The lowest BCUT2D eigenvalue weighted by Crippen LogP contribution is -2.38. The van der Waals surface area contributed by atoms with Crippen molar-refractivity contribution in [1.82, 2.24) is 5.32 Å². The van der Waals surface area contributed by atoms with Crippen molar-refractivity contribution in [2.24, 2.45) is 0 Å². The van der Waals surface area contributed by atoms with Crippen molar-refractivity contribution in [2.75, 3.05) is 7.11 Å². The zero-order chi connectivity index (χ0) is 19.0. The van der Waals surface area contributed by atoms with Gasteiger partial charge in [0.25, 0.3) is 0 Å². The standard InChI is InChI=1S/C22H20FNO3/c1-27-20-5-3-2-4-16(20)17-12-21(26)24-18-10-14(11-19(25)22(17)18)13-6-8-15(23)9-7-13/h2-9,14,17H,10-12H2,1H3,(H,24,26)/t14-,17+/m1/s1. The Labute approximate surface area is 157 Å². The van der Waals surface area contributed by atoms with Gasteiger partial charge in [-0.05, 0) is 36.1 Å². The fourth-order valence-electron chi connectivity index (χ4n) is 4.15. The number of carbonyl (C=O) groups is 2. The molecule has 4 nitrogen and oxygen atoms in total. The van der Waals surface area contributed by atoms with Gasteiger partial charge >= 0.3 is 0 Å². The smallest absolute Gasteiger partial charge is 0.225 e. The van der Waals surface area contributed by atoms with Crippen molar-refractivity contribution in [3.05, 3.63) is 76.7 Å². The highest BCUT2D eigenvalue weighted by Gasteiger charge is 2.39. The number of allylic oxidation sites excluding steroid dienone is 2. The van der Waals surface area contributed by atoms with Crippen LogP contribution in [0.1, 0.15) is 42.2 Å². The van der Waals surface area contributed by atoms with Gasteiger partial charge in [-0.1, -0.05) is 30.3 Å². The largest absolute Gasteiger partial charge is 0.496 e. The van der Waals surface area contributed by atoms with Crippen LogP contribution in [0.3, 0.4) is 0 Å². The molecule has 2 aliphatic rings. The van der Waals surface area contributed by atoms with Gasteiger partial charge in [0.1, 0.15) is 11.6 Å². The molecule has 1 N–H and O–H groups in total. The molecule has 5 heteroatoms. The number of hydrogen-bond donors (Lipinski definition) is 1. The zero-order valence-corrected chi connectivity index (χ0v) is 15.0. The van der Waals surface area contributed by atoms with Gasteiger partial charge in [0, 0.05) is 35.6 Å². The second kappa shape index (κ2) is 6.99. The SMILES string of the molecule is COc1ccccc1[C@@H]1CC(=O)NC2=C1C(=O)C[C@H](c1ccc(F)cc1)C2. The highest BCUT2D eigenvalue weighted by Crippen LogP contribution is 2.44. The van der Waals surface area contributed by atoms with E-state index in [4.69, 9.17) is 4.74 Å². The van der Waals surface area contributed by atoms with Crippen molar-refractivity contribution in [1.29, 1.82) is 0 Å². The van der Waals surface area contributed by atoms with Gasteiger partial charge in [0.2, 0.25) is 5.91 Å². The lowest BCUT2D eigenvalue weighted by atomic mass is 9.73. The number of rotatable bonds is 3. The normalized spacial score (nSPS) is 22.3. The molecular formula is C22H20FNO3. The summed E-state index contributed by atoms with van der Waals surface area (Å²) in [4.78, 5) is 25.4. The van der Waals surface area contributed by atoms with E-state index in [0.29, 0.717) is 29.9 Å². The van der Waals surface area contributed by atoms with E-state index in [1.807, 2.05) is 24.3 Å². The molecule has 27 heavy (non-hydrogen) atoms. The summed E-state index contributed by atoms with van der Waals surface area (Å²) in [5.41, 5.74) is 3.13. The maximum atomic E-state index is 13.2. The van der Waals surface area contributed by atoms with E-state index in [1.54, 1.807) is 19.2 Å². The van der Waals surface area contributed by atoms with Crippen molar-refractivity contribution < 1.29 is 18.7 Å². The Balaban J connectivity index is 1.73. The molecule has 0 saturated heterocycles. The van der Waals surface area contributed by atoms with Crippen LogP contribution in [0.15, 0.2) is 59.8 Å². The van der Waals surface area contributed by atoms with Crippen LogP contribution in [0.4, 0.5) is 4.39 Å². The van der Waals surface area contributed by atoms with Crippen LogP contribution in [-0.4, -0.2) is 18.8 Å². The van der Waals surface area contributed by atoms with Gasteiger partial charge in [-0.2, -0.15) is 0 Å². The van der Waals surface area contributed by atoms with Crippen LogP contribution in [0.5, 0.6) is 5.75 Å². The van der Waals surface area contributed by atoms with Gasteiger partial charge in [0.05, 0.1) is 7.11 Å². The van der Waals surface area contributed by atoms with Gasteiger partial charge in [-0.3, -0.25) is 9.59 Å². The number of ketones is 1. The Morgan fingerprint density at radius 3 is 2.48 bits per heavy atom. The lowest BCUT2D eigenvalue weighted by molar-refractivity contribution is -0.122. The van der Waals surface area contributed by atoms with E-state index in [0.717, 1.165) is 11.1 Å². The van der Waals surface area contributed by atoms with Crippen molar-refractivity contribution in [2.45, 2.75) is 31.1 Å². The minimum absolute atomic E-state index is 0.0291. The highest BCUT2D eigenvalue weighted by molar-refractivity contribution is 6.02. The lowest BCUT2D eigenvalue weighted by Gasteiger charge is -2.34. The van der Waals surface area contributed by atoms with Crippen LogP contribution in [0, 0.1) is 5.82 Å². The summed E-state index contributed by atoms with van der Waals surface area (Å²) in [5, 5.41) is 2.90. The second-order valence-electron chi connectivity index (χ2n) is 7.02. The van der Waals surface area contributed by atoms with Crippen LogP contribution in [0.25, 0.3) is 0 Å². The minimum atomic E-state index is -0.303. The monoisotopic (exact) mass is 365 g/mol. The maximum Gasteiger partial charge on any atom is 0.225 e. The topological polar surface area (TPSA) is 55.4 Å². The van der Waals surface area contributed by atoms with Crippen LogP contribution in [0.2, 0.25) is 0 Å². The number of methoxy groups -OCH3 is 1. The first-order chi connectivity index (χ1) is 13.1. The van der Waals surface area contributed by atoms with Gasteiger partial charge in [-0.25, -0.2) is 4.39 Å². The Hall–Kier alpha value is -2.95. The fourth-order valence-corrected chi connectivity index (χ4v) is 4.15. The Morgan fingerprint density at radius 2 is 1.74 bits per heavy atom. The first kappa shape index (κ1) is 17.5. The molecule has 0 radical (unpaired) electrons. The average molecular weight is 365 g/mol. The minimum Gasteiger partial charge on any atom is -0.496 e. The third-order valence-electron chi connectivity index (χ3n) is 5.39. The van der Waals surface area contributed by atoms with Crippen molar-refractivity contribution in [3.63, 3.8) is 0 Å². The molecule has 0 bridgehead atoms. The highest BCUT2D eigenvalue weighted by atomic mass is 19.1.